The summed E-state index contributed by atoms with van der Waals surface area (Å²) in [5, 5.41) is 24.0. The predicted molar refractivity (Wildman–Crippen MR) is 95.6 cm³/mol. The molecule has 0 unspecified atom stereocenters. The van der Waals surface area contributed by atoms with Crippen LogP contribution in [0.1, 0.15) is 33.0 Å². The van der Waals surface area contributed by atoms with Gasteiger partial charge in [-0.15, -0.1) is 10.2 Å². The highest BCUT2D eigenvalue weighted by atomic mass is 16.5. The second-order valence-electron chi connectivity index (χ2n) is 5.69. The van der Waals surface area contributed by atoms with Gasteiger partial charge in [0.1, 0.15) is 6.07 Å². The molecule has 1 fully saturated rings. The summed E-state index contributed by atoms with van der Waals surface area (Å²) in [5.41, 5.74) is -0.145. The van der Waals surface area contributed by atoms with Crippen molar-refractivity contribution in [3.63, 3.8) is 0 Å². The summed E-state index contributed by atoms with van der Waals surface area (Å²) >= 11 is 0. The SMILES string of the molecule is [2H]C([2H])([2H])NC(=O)c1nnc(NC(=O)C2CC2)cc1Nc1nccc(C#N)c1OC. The summed E-state index contributed by atoms with van der Waals surface area (Å²) in [7, 11) is 1.34. The second-order valence-corrected chi connectivity index (χ2v) is 5.69. The molecular formula is C17H17N7O3. The van der Waals surface area contributed by atoms with Crippen LogP contribution in [0.5, 0.6) is 5.75 Å². The monoisotopic (exact) mass is 370 g/mol. The maximum Gasteiger partial charge on any atom is 0.273 e. The minimum absolute atomic E-state index is 0.0127. The van der Waals surface area contributed by atoms with Crippen LogP contribution in [0.2, 0.25) is 0 Å². The van der Waals surface area contributed by atoms with E-state index in [4.69, 9.17) is 8.85 Å². The summed E-state index contributed by atoms with van der Waals surface area (Å²) in [6.45, 7) is -2.74. The maximum absolute atomic E-state index is 12.4. The first-order valence-corrected chi connectivity index (χ1v) is 7.93. The van der Waals surface area contributed by atoms with E-state index in [1.807, 2.05) is 11.4 Å². The van der Waals surface area contributed by atoms with Crippen LogP contribution in [-0.2, 0) is 4.79 Å². The van der Waals surface area contributed by atoms with Crippen molar-refractivity contribution in [3.8, 4) is 11.8 Å². The molecule has 0 atom stereocenters. The van der Waals surface area contributed by atoms with Crippen LogP contribution < -0.4 is 20.7 Å². The molecule has 0 aromatic carbocycles. The smallest absolute Gasteiger partial charge is 0.273 e. The van der Waals surface area contributed by atoms with Crippen molar-refractivity contribution in [2.24, 2.45) is 5.92 Å². The lowest BCUT2D eigenvalue weighted by atomic mass is 10.2. The van der Waals surface area contributed by atoms with Crippen molar-refractivity contribution in [2.75, 3.05) is 24.7 Å². The van der Waals surface area contributed by atoms with E-state index in [9.17, 15) is 14.9 Å². The van der Waals surface area contributed by atoms with Gasteiger partial charge in [0, 0.05) is 29.3 Å². The Morgan fingerprint density at radius 1 is 1.41 bits per heavy atom. The van der Waals surface area contributed by atoms with Crippen LogP contribution >= 0.6 is 0 Å². The number of ether oxygens (including phenoxy) is 1. The summed E-state index contributed by atoms with van der Waals surface area (Å²) in [6.07, 6.45) is 2.92. The van der Waals surface area contributed by atoms with Gasteiger partial charge in [-0.3, -0.25) is 9.59 Å². The Kier molecular flexibility index (Phi) is 4.09. The lowest BCUT2D eigenvalue weighted by Gasteiger charge is -2.14. The number of nitrogens with one attached hydrogen (secondary N) is 3. The fraction of sp³-hybridized carbons (Fsp3) is 0.294. The van der Waals surface area contributed by atoms with E-state index >= 15 is 0 Å². The zero-order valence-electron chi connectivity index (χ0n) is 17.2. The highest BCUT2D eigenvalue weighted by molar-refractivity contribution is 5.99. The number of methoxy groups -OCH3 is 1. The topological polar surface area (TPSA) is 142 Å². The van der Waals surface area contributed by atoms with Crippen molar-refractivity contribution in [2.45, 2.75) is 12.8 Å². The largest absolute Gasteiger partial charge is 0.492 e. The van der Waals surface area contributed by atoms with Crippen LogP contribution in [0, 0.1) is 17.2 Å². The van der Waals surface area contributed by atoms with Crippen molar-refractivity contribution in [1.82, 2.24) is 20.5 Å². The Morgan fingerprint density at radius 2 is 2.22 bits per heavy atom. The first-order chi connectivity index (χ1) is 14.2. The first-order valence-electron chi connectivity index (χ1n) is 9.43. The minimum Gasteiger partial charge on any atom is -0.492 e. The molecule has 10 heteroatoms. The standard InChI is InChI=1S/C17H17N7O3/c1-19-17(26)13-11(7-12(23-24-13)22-16(25)9-3-4-9)21-15-14(27-2)10(8-18)5-6-20-15/h5-7,9H,3-4H2,1-2H3,(H,19,26)(H2,20,21,22,23,25)/i1D3. The van der Waals surface area contributed by atoms with Gasteiger partial charge in [-0.1, -0.05) is 0 Å². The van der Waals surface area contributed by atoms with E-state index < -0.39 is 12.9 Å². The molecule has 1 saturated carbocycles. The van der Waals surface area contributed by atoms with Gasteiger partial charge >= 0.3 is 0 Å². The van der Waals surface area contributed by atoms with Crippen LogP contribution in [0.4, 0.5) is 17.3 Å². The van der Waals surface area contributed by atoms with Gasteiger partial charge < -0.3 is 20.7 Å². The number of rotatable bonds is 6. The number of hydrogen-bond acceptors (Lipinski definition) is 8. The number of amides is 2. The number of nitrogens with zero attached hydrogens (tertiary/aromatic N) is 4. The van der Waals surface area contributed by atoms with Crippen LogP contribution in [-0.4, -0.2) is 41.1 Å². The Hall–Kier alpha value is -3.74. The molecule has 3 N–H and O–H groups in total. The van der Waals surface area contributed by atoms with Gasteiger partial charge in [-0.05, 0) is 18.9 Å². The van der Waals surface area contributed by atoms with Crippen molar-refractivity contribution in [3.05, 3.63) is 29.6 Å². The lowest BCUT2D eigenvalue weighted by molar-refractivity contribution is -0.117. The normalized spacial score (nSPS) is 14.7. The van der Waals surface area contributed by atoms with E-state index in [0.717, 1.165) is 12.8 Å². The number of carbonyl (C=O) groups excluding carboxylic acids is 2. The highest BCUT2D eigenvalue weighted by Gasteiger charge is 2.30. The molecule has 2 aromatic rings. The Bertz CT molecular complexity index is 1030. The molecule has 10 nitrogen and oxygen atoms in total. The van der Waals surface area contributed by atoms with Crippen molar-refractivity contribution < 1.29 is 18.4 Å². The van der Waals surface area contributed by atoms with E-state index in [2.05, 4.69) is 25.8 Å². The first kappa shape index (κ1) is 14.4. The number of hydrogen-bond donors (Lipinski definition) is 3. The Labute approximate surface area is 159 Å². The maximum atomic E-state index is 12.4. The zero-order chi connectivity index (χ0) is 21.9. The number of pyridine rings is 1. The number of carbonyl (C=O) groups is 2. The molecule has 138 valence electrons. The molecule has 3 rings (SSSR count). The van der Waals surface area contributed by atoms with E-state index in [1.165, 1.54) is 25.4 Å². The molecule has 1 aliphatic carbocycles. The van der Waals surface area contributed by atoms with E-state index in [0.29, 0.717) is 0 Å². The summed E-state index contributed by atoms with van der Waals surface area (Å²) < 4.78 is 26.9. The highest BCUT2D eigenvalue weighted by Crippen LogP contribution is 2.32. The third kappa shape index (κ3) is 3.92. The average Bonchev–Trinajstić information content (AvgIpc) is 3.52. The third-order valence-corrected chi connectivity index (χ3v) is 3.80. The predicted octanol–water partition coefficient (Wildman–Crippen LogP) is 1.20. The van der Waals surface area contributed by atoms with E-state index in [-0.39, 0.29) is 46.2 Å². The molecule has 1 aliphatic rings. The van der Waals surface area contributed by atoms with Gasteiger partial charge in [0.25, 0.3) is 5.91 Å². The fourth-order valence-electron chi connectivity index (χ4n) is 2.31. The molecule has 0 aliphatic heterocycles. The zero-order valence-corrected chi connectivity index (χ0v) is 14.2. The molecule has 0 radical (unpaired) electrons. The second kappa shape index (κ2) is 7.65. The van der Waals surface area contributed by atoms with E-state index in [1.54, 1.807) is 0 Å². The molecule has 2 heterocycles. The van der Waals surface area contributed by atoms with Crippen molar-refractivity contribution >= 4 is 29.1 Å². The molecule has 27 heavy (non-hydrogen) atoms. The molecule has 2 aromatic heterocycles. The van der Waals surface area contributed by atoms with Crippen molar-refractivity contribution in [1.29, 1.82) is 5.26 Å². The van der Waals surface area contributed by atoms with Crippen LogP contribution in [0.15, 0.2) is 18.3 Å². The molecule has 2 amide bonds. The third-order valence-electron chi connectivity index (χ3n) is 3.80. The molecule has 0 spiro atoms. The summed E-state index contributed by atoms with van der Waals surface area (Å²) in [6, 6.07) is 4.72. The summed E-state index contributed by atoms with van der Waals surface area (Å²) in [4.78, 5) is 28.5. The number of anilines is 3. The van der Waals surface area contributed by atoms with Gasteiger partial charge in [0.2, 0.25) is 5.91 Å². The average molecular weight is 370 g/mol. The molecule has 0 saturated heterocycles. The van der Waals surface area contributed by atoms with Gasteiger partial charge in [-0.2, -0.15) is 5.26 Å². The van der Waals surface area contributed by atoms with Gasteiger partial charge in [-0.25, -0.2) is 4.98 Å². The van der Waals surface area contributed by atoms with Gasteiger partial charge in [0.15, 0.2) is 23.1 Å². The quantitative estimate of drug-likeness (QED) is 0.688. The molecule has 0 bridgehead atoms. The lowest BCUT2D eigenvalue weighted by Crippen LogP contribution is -2.22. The Balaban J connectivity index is 1.99. The fourth-order valence-corrected chi connectivity index (χ4v) is 2.31. The Morgan fingerprint density at radius 3 is 2.89 bits per heavy atom. The molecular weight excluding hydrogens is 350 g/mol. The van der Waals surface area contributed by atoms with Crippen LogP contribution in [0.3, 0.4) is 0 Å². The minimum atomic E-state index is -2.74. The summed E-state index contributed by atoms with van der Waals surface area (Å²) in [5.74, 6) is -1.06. The van der Waals surface area contributed by atoms with Gasteiger partial charge in [0.05, 0.1) is 18.4 Å². The number of nitriles is 1. The van der Waals surface area contributed by atoms with Crippen LogP contribution in [0.25, 0.3) is 0 Å². The number of aromatic nitrogens is 3.